The van der Waals surface area contributed by atoms with Gasteiger partial charge in [-0.2, -0.15) is 0 Å². The Balaban J connectivity index is 1.34. The molecule has 2 atom stereocenters. The normalized spacial score (nSPS) is 24.5. The Bertz CT molecular complexity index is 1330. The van der Waals surface area contributed by atoms with Gasteiger partial charge < -0.3 is 15.1 Å². The second kappa shape index (κ2) is 8.83. The second-order valence-electron chi connectivity index (χ2n) is 10.2. The topological polar surface area (TPSA) is 98.8 Å². The van der Waals surface area contributed by atoms with E-state index in [1.165, 1.54) is 33.7 Å². The fourth-order valence-electron chi connectivity index (χ4n) is 5.28. The van der Waals surface area contributed by atoms with Crippen molar-refractivity contribution in [1.82, 2.24) is 15.1 Å². The van der Waals surface area contributed by atoms with Gasteiger partial charge in [0.25, 0.3) is 5.91 Å². The molecule has 2 aromatic rings. The van der Waals surface area contributed by atoms with Gasteiger partial charge in [-0.05, 0) is 54.8 Å². The summed E-state index contributed by atoms with van der Waals surface area (Å²) in [6, 6.07) is 7.31. The average molecular weight is 529 g/mol. The molecule has 37 heavy (non-hydrogen) atoms. The van der Waals surface area contributed by atoms with Crippen molar-refractivity contribution < 1.29 is 28.0 Å². The summed E-state index contributed by atoms with van der Waals surface area (Å²) in [5.74, 6) is -2.22. The van der Waals surface area contributed by atoms with E-state index in [0.717, 1.165) is 17.2 Å². The van der Waals surface area contributed by atoms with Crippen LogP contribution >= 0.6 is 11.8 Å². The Morgan fingerprint density at radius 1 is 1.08 bits per heavy atom. The molecule has 2 unspecified atom stereocenters. The monoisotopic (exact) mass is 528 g/mol. The van der Waals surface area contributed by atoms with Gasteiger partial charge in [0, 0.05) is 37.4 Å². The van der Waals surface area contributed by atoms with E-state index in [0.29, 0.717) is 24.3 Å². The van der Waals surface area contributed by atoms with Gasteiger partial charge in [0.15, 0.2) is 0 Å². The van der Waals surface area contributed by atoms with E-state index >= 15 is 0 Å². The first-order valence-electron chi connectivity index (χ1n) is 11.8. The van der Waals surface area contributed by atoms with E-state index in [2.05, 4.69) is 10.6 Å². The van der Waals surface area contributed by atoms with E-state index in [9.17, 15) is 28.0 Å². The van der Waals surface area contributed by atoms with Crippen molar-refractivity contribution in [1.29, 1.82) is 0 Å². The van der Waals surface area contributed by atoms with Gasteiger partial charge in [-0.3, -0.25) is 19.7 Å². The maximum atomic E-state index is 13.9. The predicted molar refractivity (Wildman–Crippen MR) is 134 cm³/mol. The number of hydrogen-bond acceptors (Lipinski definition) is 5. The third-order valence-electron chi connectivity index (χ3n) is 7.38. The molecule has 2 saturated heterocycles. The number of thioether (sulfide) groups is 1. The highest BCUT2D eigenvalue weighted by Gasteiger charge is 2.54. The average Bonchev–Trinajstić information content (AvgIpc) is 3.29. The van der Waals surface area contributed by atoms with Crippen LogP contribution in [-0.4, -0.2) is 63.2 Å². The zero-order valence-corrected chi connectivity index (χ0v) is 21.4. The van der Waals surface area contributed by atoms with Crippen LogP contribution in [0, 0.1) is 11.6 Å². The number of nitrogens with zero attached hydrogens (tertiary/aromatic N) is 2. The molecule has 11 heteroatoms. The number of carbonyl (C=O) groups is 4. The van der Waals surface area contributed by atoms with Crippen molar-refractivity contribution >= 4 is 41.2 Å². The number of fused-ring (bicyclic) bond motifs is 1. The van der Waals surface area contributed by atoms with Crippen LogP contribution in [0.2, 0.25) is 0 Å². The smallest absolute Gasteiger partial charge is 0.324 e. The molecular weight excluding hydrogens is 502 g/mol. The summed E-state index contributed by atoms with van der Waals surface area (Å²) in [4.78, 5) is 53.6. The first kappa shape index (κ1) is 25.2. The number of halogens is 2. The molecular formula is C26H26F2N4O4S. The van der Waals surface area contributed by atoms with Crippen LogP contribution in [0.15, 0.2) is 36.4 Å². The second-order valence-corrected chi connectivity index (χ2v) is 11.9. The van der Waals surface area contributed by atoms with Crippen molar-refractivity contribution in [3.63, 3.8) is 0 Å². The highest BCUT2D eigenvalue weighted by molar-refractivity contribution is 8.01. The van der Waals surface area contributed by atoms with Gasteiger partial charge in [-0.25, -0.2) is 13.6 Å². The number of benzene rings is 2. The Kier molecular flexibility index (Phi) is 6.01. The summed E-state index contributed by atoms with van der Waals surface area (Å²) in [6.07, 6.45) is 0.703. The maximum absolute atomic E-state index is 13.9. The summed E-state index contributed by atoms with van der Waals surface area (Å²) < 4.78 is 27.0. The van der Waals surface area contributed by atoms with Crippen LogP contribution in [-0.2, 0) is 27.2 Å². The molecule has 194 valence electrons. The number of imide groups is 1. The number of amides is 5. The van der Waals surface area contributed by atoms with Crippen LogP contribution in [0.5, 0.6) is 0 Å². The van der Waals surface area contributed by atoms with E-state index in [-0.39, 0.29) is 23.9 Å². The van der Waals surface area contributed by atoms with E-state index < -0.39 is 39.9 Å². The summed E-state index contributed by atoms with van der Waals surface area (Å²) in [6.45, 7) is 3.21. The first-order valence-corrected chi connectivity index (χ1v) is 12.8. The minimum absolute atomic E-state index is 0.290. The van der Waals surface area contributed by atoms with E-state index in [1.54, 1.807) is 33.0 Å². The summed E-state index contributed by atoms with van der Waals surface area (Å²) in [5, 5.41) is 5.16. The summed E-state index contributed by atoms with van der Waals surface area (Å²) in [5.41, 5.74) is 1.55. The molecule has 0 radical (unpaired) electrons. The van der Waals surface area contributed by atoms with Crippen molar-refractivity contribution in [2.24, 2.45) is 0 Å². The molecule has 0 saturated carbocycles. The number of nitrogens with one attached hydrogen (secondary N) is 2. The minimum atomic E-state index is -0.973. The van der Waals surface area contributed by atoms with Gasteiger partial charge in [0.05, 0.1) is 10.8 Å². The van der Waals surface area contributed by atoms with E-state index in [4.69, 9.17) is 0 Å². The number of urea groups is 1. The zero-order chi connectivity index (χ0) is 26.7. The first-order chi connectivity index (χ1) is 17.4. The molecule has 0 aromatic heterocycles. The van der Waals surface area contributed by atoms with Gasteiger partial charge in [-0.15, -0.1) is 11.8 Å². The number of anilines is 1. The molecule has 5 rings (SSSR count). The highest BCUT2D eigenvalue weighted by Crippen LogP contribution is 2.41. The maximum Gasteiger partial charge on any atom is 0.324 e. The molecule has 2 aliphatic heterocycles. The standard InChI is InChI=1S/C26H26F2N4O4S/c1-25(2)23(35)32(20(13-37-25)15-6-17(27)9-18(28)7-15)12-21(33)29-19-5-4-14-10-26(11-16(14)8-19)22(34)30-24(36)31(26)3/h4-9,20H,10-13H2,1-3H3,(H,29,33)(H,30,34,36). The lowest BCUT2D eigenvalue weighted by atomic mass is 9.95. The number of carbonyl (C=O) groups excluding carboxylic acids is 4. The summed E-state index contributed by atoms with van der Waals surface area (Å²) >= 11 is 1.37. The number of likely N-dealkylation sites (N-methyl/N-ethyl adjacent to an activating group) is 1. The van der Waals surface area contributed by atoms with Crippen molar-refractivity contribution in [2.45, 2.75) is 43.0 Å². The third-order valence-corrected chi connectivity index (χ3v) is 8.76. The molecule has 3 aliphatic rings. The molecule has 2 fully saturated rings. The minimum Gasteiger partial charge on any atom is -0.325 e. The molecule has 5 amide bonds. The van der Waals surface area contributed by atoms with Crippen molar-refractivity contribution in [3.05, 3.63) is 64.7 Å². The Morgan fingerprint density at radius 2 is 1.76 bits per heavy atom. The predicted octanol–water partition coefficient (Wildman–Crippen LogP) is 3.02. The largest absolute Gasteiger partial charge is 0.325 e. The number of rotatable bonds is 4. The van der Waals surface area contributed by atoms with Crippen molar-refractivity contribution in [2.75, 3.05) is 24.7 Å². The number of hydrogen-bond donors (Lipinski definition) is 2. The van der Waals surface area contributed by atoms with Crippen LogP contribution in [0.4, 0.5) is 19.3 Å². The summed E-state index contributed by atoms with van der Waals surface area (Å²) in [7, 11) is 1.59. The van der Waals surface area contributed by atoms with Gasteiger partial charge in [0.2, 0.25) is 11.8 Å². The Hall–Kier alpha value is -3.47. The molecule has 1 spiro atoms. The molecule has 2 aromatic carbocycles. The molecule has 2 N–H and O–H groups in total. The zero-order valence-electron chi connectivity index (χ0n) is 20.6. The molecule has 1 aliphatic carbocycles. The van der Waals surface area contributed by atoms with Crippen molar-refractivity contribution in [3.8, 4) is 0 Å². The van der Waals surface area contributed by atoms with Gasteiger partial charge >= 0.3 is 6.03 Å². The molecule has 8 nitrogen and oxygen atoms in total. The van der Waals surface area contributed by atoms with Crippen LogP contribution < -0.4 is 10.6 Å². The van der Waals surface area contributed by atoms with E-state index in [1.807, 2.05) is 6.07 Å². The van der Waals surface area contributed by atoms with Crippen LogP contribution in [0.25, 0.3) is 0 Å². The van der Waals surface area contributed by atoms with Gasteiger partial charge in [0.1, 0.15) is 23.7 Å². The quantitative estimate of drug-likeness (QED) is 0.595. The molecule has 2 heterocycles. The van der Waals surface area contributed by atoms with Crippen LogP contribution in [0.1, 0.15) is 36.6 Å². The molecule has 0 bridgehead atoms. The van der Waals surface area contributed by atoms with Crippen LogP contribution in [0.3, 0.4) is 0 Å². The van der Waals surface area contributed by atoms with Gasteiger partial charge in [-0.1, -0.05) is 6.07 Å². The fourth-order valence-corrected chi connectivity index (χ4v) is 6.47. The lowest BCUT2D eigenvalue weighted by Gasteiger charge is -2.42. The highest BCUT2D eigenvalue weighted by atomic mass is 32.2. The SMILES string of the molecule is CN1C(=O)NC(=O)C12Cc1ccc(NC(=O)CN3C(=O)C(C)(C)SCC3c3cc(F)cc(F)c3)cc1C2. The fraction of sp³-hybridized carbons (Fsp3) is 0.385. The lowest BCUT2D eigenvalue weighted by Crippen LogP contribution is -2.52. The third kappa shape index (κ3) is 4.35. The Morgan fingerprint density at radius 3 is 2.41 bits per heavy atom. The lowest BCUT2D eigenvalue weighted by molar-refractivity contribution is -0.139. The Labute approximate surface area is 216 Å².